The predicted molar refractivity (Wildman–Crippen MR) is 56.8 cm³/mol. The summed E-state index contributed by atoms with van der Waals surface area (Å²) in [5.74, 6) is 0.551. The van der Waals surface area contributed by atoms with E-state index in [1.165, 1.54) is 12.1 Å². The Morgan fingerprint density at radius 1 is 1.27 bits per heavy atom. The second kappa shape index (κ2) is 3.45. The third kappa shape index (κ3) is 1.67. The van der Waals surface area contributed by atoms with Gasteiger partial charge >= 0.3 is 0 Å². The molecule has 0 unspecified atom stereocenters. The van der Waals surface area contributed by atoms with E-state index in [1.807, 2.05) is 0 Å². The van der Waals surface area contributed by atoms with Crippen molar-refractivity contribution in [3.8, 4) is 5.69 Å². The zero-order valence-corrected chi connectivity index (χ0v) is 7.83. The van der Waals surface area contributed by atoms with E-state index in [2.05, 4.69) is 0 Å². The molecular formula is C10H9N3O2. The van der Waals surface area contributed by atoms with Crippen LogP contribution in [0.4, 0.5) is 11.5 Å². The number of nitrogens with two attached hydrogens (primary N) is 1. The van der Waals surface area contributed by atoms with Crippen molar-refractivity contribution in [2.75, 3.05) is 5.73 Å². The highest BCUT2D eigenvalue weighted by Gasteiger charge is 2.07. The van der Waals surface area contributed by atoms with Crippen LogP contribution >= 0.6 is 0 Å². The van der Waals surface area contributed by atoms with Crippen LogP contribution in [0.25, 0.3) is 5.69 Å². The molecule has 2 aromatic rings. The lowest BCUT2D eigenvalue weighted by Gasteiger charge is -2.04. The molecule has 0 spiro atoms. The van der Waals surface area contributed by atoms with Crippen molar-refractivity contribution in [2.45, 2.75) is 0 Å². The van der Waals surface area contributed by atoms with Gasteiger partial charge in [0.1, 0.15) is 5.82 Å². The van der Waals surface area contributed by atoms with Gasteiger partial charge < -0.3 is 10.3 Å². The minimum Gasteiger partial charge on any atom is -0.385 e. The highest BCUT2D eigenvalue weighted by molar-refractivity contribution is 5.48. The molecule has 0 aliphatic rings. The van der Waals surface area contributed by atoms with Gasteiger partial charge in [0.2, 0.25) is 0 Å². The maximum Gasteiger partial charge on any atom is 0.271 e. The summed E-state index contributed by atoms with van der Waals surface area (Å²) in [4.78, 5) is 10.1. The van der Waals surface area contributed by atoms with Gasteiger partial charge in [-0.05, 0) is 18.2 Å². The molecule has 0 aliphatic carbocycles. The van der Waals surface area contributed by atoms with Crippen LogP contribution in [-0.4, -0.2) is 9.49 Å². The van der Waals surface area contributed by atoms with Crippen molar-refractivity contribution in [3.63, 3.8) is 0 Å². The van der Waals surface area contributed by atoms with Gasteiger partial charge in [-0.1, -0.05) is 6.07 Å². The molecule has 0 bridgehead atoms. The molecule has 2 rings (SSSR count). The standard InChI is InChI=1S/C10H9N3O2/c11-10-5-2-6-12(10)8-3-1-4-9(7-8)13(14)15/h1-7H,11H2. The Balaban J connectivity index is 2.50. The lowest BCUT2D eigenvalue weighted by Crippen LogP contribution is -1.98. The van der Waals surface area contributed by atoms with Gasteiger partial charge in [0, 0.05) is 18.3 Å². The number of nitro benzene ring substituents is 1. The van der Waals surface area contributed by atoms with E-state index in [4.69, 9.17) is 5.73 Å². The highest BCUT2D eigenvalue weighted by Crippen LogP contribution is 2.19. The molecule has 0 amide bonds. The van der Waals surface area contributed by atoms with Crippen LogP contribution in [0.2, 0.25) is 0 Å². The van der Waals surface area contributed by atoms with Crippen LogP contribution in [0.5, 0.6) is 0 Å². The van der Waals surface area contributed by atoms with Gasteiger partial charge in [-0.3, -0.25) is 10.1 Å². The van der Waals surface area contributed by atoms with Crippen LogP contribution in [-0.2, 0) is 0 Å². The number of nitro groups is 1. The number of nitrogen functional groups attached to an aromatic ring is 1. The summed E-state index contributed by atoms with van der Waals surface area (Å²) in [6.45, 7) is 0. The molecule has 0 fully saturated rings. The van der Waals surface area contributed by atoms with Crippen LogP contribution < -0.4 is 5.73 Å². The molecule has 0 saturated heterocycles. The Hall–Kier alpha value is -2.30. The highest BCUT2D eigenvalue weighted by atomic mass is 16.6. The Morgan fingerprint density at radius 2 is 2.07 bits per heavy atom. The van der Waals surface area contributed by atoms with E-state index in [9.17, 15) is 10.1 Å². The number of nitrogens with zero attached hydrogens (tertiary/aromatic N) is 2. The van der Waals surface area contributed by atoms with Crippen molar-refractivity contribution in [1.82, 2.24) is 4.57 Å². The van der Waals surface area contributed by atoms with E-state index in [0.717, 1.165) is 0 Å². The van der Waals surface area contributed by atoms with E-state index >= 15 is 0 Å². The molecule has 1 aromatic heterocycles. The maximum absolute atomic E-state index is 10.6. The molecule has 0 aliphatic heterocycles. The van der Waals surface area contributed by atoms with Gasteiger partial charge in [0.15, 0.2) is 0 Å². The fourth-order valence-corrected chi connectivity index (χ4v) is 1.39. The van der Waals surface area contributed by atoms with Gasteiger partial charge in [0.05, 0.1) is 10.6 Å². The molecule has 5 heteroatoms. The average molecular weight is 203 g/mol. The fourth-order valence-electron chi connectivity index (χ4n) is 1.39. The Bertz CT molecular complexity index is 505. The van der Waals surface area contributed by atoms with Gasteiger partial charge in [-0.25, -0.2) is 0 Å². The van der Waals surface area contributed by atoms with Crippen molar-refractivity contribution in [3.05, 3.63) is 52.7 Å². The van der Waals surface area contributed by atoms with Crippen LogP contribution in [0.1, 0.15) is 0 Å². The second-order valence-corrected chi connectivity index (χ2v) is 3.08. The summed E-state index contributed by atoms with van der Waals surface area (Å²) >= 11 is 0. The van der Waals surface area contributed by atoms with Gasteiger partial charge in [-0.15, -0.1) is 0 Å². The summed E-state index contributed by atoms with van der Waals surface area (Å²) in [6.07, 6.45) is 1.76. The molecule has 0 saturated carbocycles. The largest absolute Gasteiger partial charge is 0.385 e. The smallest absolute Gasteiger partial charge is 0.271 e. The summed E-state index contributed by atoms with van der Waals surface area (Å²) in [6, 6.07) is 9.85. The van der Waals surface area contributed by atoms with Gasteiger partial charge in [-0.2, -0.15) is 0 Å². The zero-order chi connectivity index (χ0) is 10.8. The number of hydrogen-bond donors (Lipinski definition) is 1. The minimum atomic E-state index is -0.427. The molecule has 76 valence electrons. The third-order valence-electron chi connectivity index (χ3n) is 2.10. The molecule has 2 N–H and O–H groups in total. The molecule has 1 heterocycles. The lowest BCUT2D eigenvalue weighted by atomic mass is 10.3. The lowest BCUT2D eigenvalue weighted by molar-refractivity contribution is -0.384. The fraction of sp³-hybridized carbons (Fsp3) is 0. The predicted octanol–water partition coefficient (Wildman–Crippen LogP) is 1.97. The van der Waals surface area contributed by atoms with E-state index < -0.39 is 4.92 Å². The van der Waals surface area contributed by atoms with Crippen molar-refractivity contribution >= 4 is 11.5 Å². The van der Waals surface area contributed by atoms with E-state index in [0.29, 0.717) is 11.5 Å². The Labute approximate surface area is 85.9 Å². The molecule has 0 radical (unpaired) electrons. The normalized spacial score (nSPS) is 10.1. The Kier molecular flexibility index (Phi) is 2.13. The SMILES string of the molecule is Nc1cccn1-c1cccc([N+](=O)[O-])c1. The summed E-state index contributed by atoms with van der Waals surface area (Å²) in [7, 11) is 0. The summed E-state index contributed by atoms with van der Waals surface area (Å²) < 4.78 is 1.69. The topological polar surface area (TPSA) is 74.1 Å². The summed E-state index contributed by atoms with van der Waals surface area (Å²) in [5.41, 5.74) is 6.43. The van der Waals surface area contributed by atoms with E-state index in [1.54, 1.807) is 35.0 Å². The number of rotatable bonds is 2. The average Bonchev–Trinajstić information content (AvgIpc) is 2.64. The number of benzene rings is 1. The van der Waals surface area contributed by atoms with Crippen LogP contribution in [0.15, 0.2) is 42.6 Å². The molecule has 5 nitrogen and oxygen atoms in total. The number of non-ortho nitro benzene ring substituents is 1. The molecule has 15 heavy (non-hydrogen) atoms. The summed E-state index contributed by atoms with van der Waals surface area (Å²) in [5, 5.41) is 10.6. The first-order valence-corrected chi connectivity index (χ1v) is 4.36. The van der Waals surface area contributed by atoms with Crippen LogP contribution in [0, 0.1) is 10.1 Å². The van der Waals surface area contributed by atoms with E-state index in [-0.39, 0.29) is 5.69 Å². The van der Waals surface area contributed by atoms with Crippen molar-refractivity contribution in [1.29, 1.82) is 0 Å². The Morgan fingerprint density at radius 3 is 2.67 bits per heavy atom. The van der Waals surface area contributed by atoms with Gasteiger partial charge in [0.25, 0.3) is 5.69 Å². The molecule has 0 atom stereocenters. The first kappa shape index (κ1) is 9.26. The van der Waals surface area contributed by atoms with Crippen LogP contribution in [0.3, 0.4) is 0 Å². The quantitative estimate of drug-likeness (QED) is 0.598. The first-order chi connectivity index (χ1) is 7.18. The molecular weight excluding hydrogens is 194 g/mol. The second-order valence-electron chi connectivity index (χ2n) is 3.08. The van der Waals surface area contributed by atoms with Crippen molar-refractivity contribution < 1.29 is 4.92 Å². The first-order valence-electron chi connectivity index (χ1n) is 4.36. The number of hydrogen-bond acceptors (Lipinski definition) is 3. The van der Waals surface area contributed by atoms with Crippen molar-refractivity contribution in [2.24, 2.45) is 0 Å². The molecule has 1 aromatic carbocycles. The minimum absolute atomic E-state index is 0.0561. The number of aromatic nitrogens is 1. The third-order valence-corrected chi connectivity index (χ3v) is 2.10. The maximum atomic E-state index is 10.6. The monoisotopic (exact) mass is 203 g/mol. The number of anilines is 1. The zero-order valence-electron chi connectivity index (χ0n) is 7.83.